The SMILES string of the molecule is O=C1NC(Cc2ccccc2)(C2CCN(C3CCSC3)CC2)C(=O)N1Cc1cccnc1. The van der Waals surface area contributed by atoms with Crippen LogP contribution in [0.2, 0.25) is 0 Å². The number of nitrogens with one attached hydrogen (secondary N) is 1. The molecule has 3 fully saturated rings. The number of hydrogen-bond acceptors (Lipinski definition) is 5. The maximum absolute atomic E-state index is 13.9. The summed E-state index contributed by atoms with van der Waals surface area (Å²) in [5.41, 5.74) is 1.07. The molecule has 6 nitrogen and oxygen atoms in total. The first-order valence-corrected chi connectivity index (χ1v) is 12.7. The van der Waals surface area contributed by atoms with Crippen molar-refractivity contribution < 1.29 is 9.59 Å². The Labute approximate surface area is 193 Å². The Kier molecular flexibility index (Phi) is 6.20. The molecular weight excluding hydrogens is 420 g/mol. The average Bonchev–Trinajstić information content (AvgIpc) is 3.45. The number of hydrogen-bond donors (Lipinski definition) is 1. The molecule has 3 aliphatic heterocycles. The minimum absolute atomic E-state index is 0.0925. The third-order valence-electron chi connectivity index (χ3n) is 7.24. The van der Waals surface area contributed by atoms with Gasteiger partial charge in [-0.25, -0.2) is 4.79 Å². The number of likely N-dealkylation sites (tertiary alicyclic amines) is 1. The number of thioether (sulfide) groups is 1. The molecule has 0 saturated carbocycles. The van der Waals surface area contributed by atoms with Crippen LogP contribution in [0.5, 0.6) is 0 Å². The number of carbonyl (C=O) groups excluding carboxylic acids is 2. The van der Waals surface area contributed by atoms with Crippen molar-refractivity contribution in [3.63, 3.8) is 0 Å². The fraction of sp³-hybridized carbons (Fsp3) is 0.480. The van der Waals surface area contributed by atoms with Crippen molar-refractivity contribution in [1.82, 2.24) is 20.1 Å². The van der Waals surface area contributed by atoms with E-state index in [1.54, 1.807) is 12.4 Å². The Morgan fingerprint density at radius 2 is 1.81 bits per heavy atom. The van der Waals surface area contributed by atoms with E-state index in [1.807, 2.05) is 42.1 Å². The number of nitrogens with zero attached hydrogens (tertiary/aromatic N) is 3. The van der Waals surface area contributed by atoms with Gasteiger partial charge in [0.15, 0.2) is 0 Å². The minimum Gasteiger partial charge on any atom is -0.322 e. The smallest absolute Gasteiger partial charge is 0.322 e. The molecule has 4 heterocycles. The summed E-state index contributed by atoms with van der Waals surface area (Å²) in [6.45, 7) is 2.25. The molecule has 7 heteroatoms. The molecule has 3 amide bonds. The lowest BCUT2D eigenvalue weighted by molar-refractivity contribution is -0.134. The van der Waals surface area contributed by atoms with E-state index in [-0.39, 0.29) is 24.4 Å². The van der Waals surface area contributed by atoms with Crippen molar-refractivity contribution >= 4 is 23.7 Å². The molecule has 0 radical (unpaired) electrons. The third-order valence-corrected chi connectivity index (χ3v) is 8.38. The second-order valence-corrected chi connectivity index (χ2v) is 10.3. The predicted octanol–water partition coefficient (Wildman–Crippen LogP) is 3.33. The second kappa shape index (κ2) is 9.24. The number of piperidine rings is 1. The molecule has 5 rings (SSSR count). The molecule has 168 valence electrons. The number of aromatic nitrogens is 1. The molecular formula is C25H30N4O2S. The number of amides is 3. The van der Waals surface area contributed by atoms with E-state index < -0.39 is 5.54 Å². The van der Waals surface area contributed by atoms with Crippen LogP contribution in [0.15, 0.2) is 54.9 Å². The quantitative estimate of drug-likeness (QED) is 0.684. The van der Waals surface area contributed by atoms with Gasteiger partial charge in [0.1, 0.15) is 5.54 Å². The number of pyridine rings is 1. The number of benzene rings is 1. The molecule has 3 aliphatic rings. The number of urea groups is 1. The van der Waals surface area contributed by atoms with Gasteiger partial charge in [-0.2, -0.15) is 11.8 Å². The first-order valence-electron chi connectivity index (χ1n) is 11.5. The predicted molar refractivity (Wildman–Crippen MR) is 126 cm³/mol. The van der Waals surface area contributed by atoms with Crippen molar-refractivity contribution in [2.24, 2.45) is 5.92 Å². The third kappa shape index (κ3) is 4.16. The van der Waals surface area contributed by atoms with Gasteiger partial charge >= 0.3 is 6.03 Å². The fourth-order valence-electron chi connectivity index (χ4n) is 5.49. The van der Waals surface area contributed by atoms with Gasteiger partial charge in [0.05, 0.1) is 6.54 Å². The van der Waals surface area contributed by atoms with Crippen molar-refractivity contribution in [2.75, 3.05) is 24.6 Å². The summed E-state index contributed by atoms with van der Waals surface area (Å²) in [6, 6.07) is 14.2. The maximum atomic E-state index is 13.9. The topological polar surface area (TPSA) is 65.5 Å². The highest BCUT2D eigenvalue weighted by molar-refractivity contribution is 7.99. The van der Waals surface area contributed by atoms with Crippen LogP contribution in [-0.4, -0.2) is 62.9 Å². The molecule has 32 heavy (non-hydrogen) atoms. The van der Waals surface area contributed by atoms with Gasteiger partial charge in [-0.3, -0.25) is 19.6 Å². The summed E-state index contributed by atoms with van der Waals surface area (Å²) < 4.78 is 0. The normalized spacial score (nSPS) is 27.1. The van der Waals surface area contributed by atoms with E-state index in [9.17, 15) is 9.59 Å². The van der Waals surface area contributed by atoms with Crippen LogP contribution in [0.4, 0.5) is 4.79 Å². The average molecular weight is 451 g/mol. The van der Waals surface area contributed by atoms with E-state index in [0.717, 1.165) is 37.1 Å². The van der Waals surface area contributed by atoms with Crippen LogP contribution in [0.1, 0.15) is 30.4 Å². The summed E-state index contributed by atoms with van der Waals surface area (Å²) >= 11 is 2.04. The van der Waals surface area contributed by atoms with Gasteiger partial charge in [-0.05, 0) is 61.2 Å². The standard InChI is InChI=1S/C25H30N4O2S/c30-23-25(15-19-5-2-1-3-6-19,21-8-12-28(13-9-21)22-10-14-32-18-22)27-24(31)29(23)17-20-7-4-11-26-16-20/h1-7,11,16,21-22H,8-10,12-15,17-18H2,(H,27,31). The zero-order valence-electron chi connectivity index (χ0n) is 18.3. The van der Waals surface area contributed by atoms with Crippen LogP contribution in [0.3, 0.4) is 0 Å². The summed E-state index contributed by atoms with van der Waals surface area (Å²) in [5.74, 6) is 2.50. The van der Waals surface area contributed by atoms with Crippen LogP contribution in [0, 0.1) is 5.92 Å². The van der Waals surface area contributed by atoms with Crippen LogP contribution in [0.25, 0.3) is 0 Å². The van der Waals surface area contributed by atoms with Crippen molar-refractivity contribution in [1.29, 1.82) is 0 Å². The largest absolute Gasteiger partial charge is 0.325 e. The van der Waals surface area contributed by atoms with Gasteiger partial charge in [0, 0.05) is 30.6 Å². The molecule has 2 unspecified atom stereocenters. The lowest BCUT2D eigenvalue weighted by Crippen LogP contribution is -2.58. The second-order valence-electron chi connectivity index (χ2n) is 9.14. The Balaban J connectivity index is 1.39. The molecule has 2 atom stereocenters. The van der Waals surface area contributed by atoms with Gasteiger partial charge in [0.2, 0.25) is 0 Å². The molecule has 3 saturated heterocycles. The van der Waals surface area contributed by atoms with E-state index >= 15 is 0 Å². The minimum atomic E-state index is -0.878. The summed E-state index contributed by atoms with van der Waals surface area (Å²) in [6.07, 6.45) is 7.08. The molecule has 0 aliphatic carbocycles. The number of carbonyl (C=O) groups is 2. The molecule has 2 aromatic rings. The lowest BCUT2D eigenvalue weighted by Gasteiger charge is -2.42. The molecule has 1 aromatic heterocycles. The van der Waals surface area contributed by atoms with Gasteiger partial charge in [-0.1, -0.05) is 36.4 Å². The van der Waals surface area contributed by atoms with Crippen LogP contribution < -0.4 is 5.32 Å². The highest BCUT2D eigenvalue weighted by Gasteiger charge is 2.56. The highest BCUT2D eigenvalue weighted by atomic mass is 32.2. The number of rotatable bonds is 6. The number of imide groups is 1. The van der Waals surface area contributed by atoms with Crippen molar-refractivity contribution in [3.8, 4) is 0 Å². The summed E-state index contributed by atoms with van der Waals surface area (Å²) in [4.78, 5) is 35.1. The Bertz CT molecular complexity index is 943. The Morgan fingerprint density at radius 3 is 2.50 bits per heavy atom. The highest BCUT2D eigenvalue weighted by Crippen LogP contribution is 2.38. The maximum Gasteiger partial charge on any atom is 0.325 e. The van der Waals surface area contributed by atoms with Crippen LogP contribution >= 0.6 is 11.8 Å². The fourth-order valence-corrected chi connectivity index (χ4v) is 6.74. The van der Waals surface area contributed by atoms with Gasteiger partial charge in [-0.15, -0.1) is 0 Å². The van der Waals surface area contributed by atoms with Gasteiger partial charge < -0.3 is 5.32 Å². The van der Waals surface area contributed by atoms with E-state index in [4.69, 9.17) is 0 Å². The summed E-state index contributed by atoms with van der Waals surface area (Å²) in [5, 5.41) is 3.18. The lowest BCUT2D eigenvalue weighted by atomic mass is 9.73. The molecule has 0 bridgehead atoms. The first kappa shape index (κ1) is 21.5. The van der Waals surface area contributed by atoms with E-state index in [1.165, 1.54) is 22.8 Å². The van der Waals surface area contributed by atoms with E-state index in [0.29, 0.717) is 12.5 Å². The zero-order chi connectivity index (χ0) is 22.0. The summed E-state index contributed by atoms with van der Waals surface area (Å²) in [7, 11) is 0. The zero-order valence-corrected chi connectivity index (χ0v) is 19.1. The molecule has 1 N–H and O–H groups in total. The Morgan fingerprint density at radius 1 is 1.03 bits per heavy atom. The van der Waals surface area contributed by atoms with Crippen molar-refractivity contribution in [2.45, 2.75) is 43.8 Å². The van der Waals surface area contributed by atoms with Crippen molar-refractivity contribution in [3.05, 3.63) is 66.0 Å². The molecule has 1 aromatic carbocycles. The Hall–Kier alpha value is -2.38. The molecule has 0 spiro atoms. The van der Waals surface area contributed by atoms with E-state index in [2.05, 4.69) is 27.3 Å². The first-order chi connectivity index (χ1) is 15.7. The van der Waals surface area contributed by atoms with Gasteiger partial charge in [0.25, 0.3) is 5.91 Å². The monoisotopic (exact) mass is 450 g/mol. The van der Waals surface area contributed by atoms with Crippen LogP contribution in [-0.2, 0) is 17.8 Å².